The Labute approximate surface area is 169 Å². The number of anilines is 2. The lowest BCUT2D eigenvalue weighted by atomic mass is 10.1. The number of nitrogens with one attached hydrogen (secondary N) is 2. The quantitative estimate of drug-likeness (QED) is 0.532. The highest BCUT2D eigenvalue weighted by Gasteiger charge is 2.15. The molecule has 3 aromatic rings. The maximum absolute atomic E-state index is 9.47. The van der Waals surface area contributed by atoms with E-state index < -0.39 is 0 Å². The lowest BCUT2D eigenvalue weighted by Crippen LogP contribution is -2.30. The van der Waals surface area contributed by atoms with Crippen molar-refractivity contribution in [1.29, 1.82) is 0 Å². The first-order valence-electron chi connectivity index (χ1n) is 9.09. The normalized spacial score (nSPS) is 13.4. The van der Waals surface area contributed by atoms with Crippen LogP contribution >= 0.6 is 11.6 Å². The van der Waals surface area contributed by atoms with Crippen LogP contribution in [0.1, 0.15) is 32.5 Å². The van der Waals surface area contributed by atoms with E-state index in [2.05, 4.69) is 30.6 Å². The van der Waals surface area contributed by atoms with Crippen molar-refractivity contribution in [1.82, 2.24) is 24.5 Å². The van der Waals surface area contributed by atoms with E-state index in [4.69, 9.17) is 11.6 Å². The van der Waals surface area contributed by atoms with Crippen LogP contribution in [0.2, 0.25) is 5.02 Å². The summed E-state index contributed by atoms with van der Waals surface area (Å²) in [5, 5.41) is 16.5. The van der Waals surface area contributed by atoms with E-state index in [9.17, 15) is 5.11 Å². The molecule has 0 saturated carbocycles. The Hall–Kier alpha value is -2.71. The molecule has 0 aliphatic heterocycles. The average molecular weight is 402 g/mol. The predicted octanol–water partition coefficient (Wildman–Crippen LogP) is 3.31. The van der Waals surface area contributed by atoms with Gasteiger partial charge in [0.1, 0.15) is 6.33 Å². The lowest BCUT2D eigenvalue weighted by molar-refractivity contribution is 0.248. The smallest absolute Gasteiger partial charge is 0.227 e. The van der Waals surface area contributed by atoms with Gasteiger partial charge < -0.3 is 20.3 Å². The molecule has 2 heterocycles. The molecule has 2 aromatic heterocycles. The van der Waals surface area contributed by atoms with Gasteiger partial charge in [-0.3, -0.25) is 0 Å². The molecule has 9 heteroatoms. The molecule has 3 N–H and O–H groups in total. The third-order valence-electron chi connectivity index (χ3n) is 4.40. The minimum Gasteiger partial charge on any atom is -0.394 e. The van der Waals surface area contributed by atoms with Crippen molar-refractivity contribution in [2.75, 3.05) is 17.2 Å². The Bertz CT molecular complexity index is 897. The molecule has 0 unspecified atom stereocenters. The average Bonchev–Trinajstić information content (AvgIpc) is 3.17. The van der Waals surface area contributed by atoms with E-state index in [1.165, 1.54) is 6.33 Å². The van der Waals surface area contributed by atoms with Gasteiger partial charge in [0.15, 0.2) is 0 Å². The zero-order chi connectivity index (χ0) is 20.1. The Balaban J connectivity index is 1.69. The summed E-state index contributed by atoms with van der Waals surface area (Å²) in [5.74, 6) is 1.10. The monoisotopic (exact) mass is 401 g/mol. The van der Waals surface area contributed by atoms with E-state index in [1.54, 1.807) is 6.33 Å². The number of hydrogen-bond donors (Lipinski definition) is 3. The number of nitrogens with zero attached hydrogens (tertiary/aromatic N) is 5. The summed E-state index contributed by atoms with van der Waals surface area (Å²) in [6.45, 7) is 6.03. The van der Waals surface area contributed by atoms with E-state index >= 15 is 0 Å². The summed E-state index contributed by atoms with van der Waals surface area (Å²) in [6.07, 6.45) is 5.14. The van der Waals surface area contributed by atoms with Gasteiger partial charge in [-0.25, -0.2) is 15.0 Å². The van der Waals surface area contributed by atoms with Gasteiger partial charge in [0.05, 0.1) is 30.7 Å². The summed E-state index contributed by atoms with van der Waals surface area (Å²) in [7, 11) is 0. The second kappa shape index (κ2) is 8.99. The van der Waals surface area contributed by atoms with Crippen LogP contribution < -0.4 is 10.6 Å². The molecular formula is C19H24ClN7O. The van der Waals surface area contributed by atoms with E-state index in [-0.39, 0.29) is 24.6 Å². The molecule has 3 rings (SSSR count). The van der Waals surface area contributed by atoms with Gasteiger partial charge in [-0.2, -0.15) is 4.98 Å². The van der Waals surface area contributed by atoms with Crippen molar-refractivity contribution in [2.45, 2.75) is 32.9 Å². The van der Waals surface area contributed by atoms with Crippen LogP contribution in [-0.4, -0.2) is 42.3 Å². The van der Waals surface area contributed by atoms with Gasteiger partial charge >= 0.3 is 0 Å². The maximum atomic E-state index is 9.47. The molecule has 28 heavy (non-hydrogen) atoms. The number of aliphatic hydroxyl groups is 1. The SMILES string of the molecule is CC(C)[C@@H](CO)Nc1ncnc(N[C@H](C)c2cn(-c3ccc(Cl)cc3)cn2)n1. The first-order chi connectivity index (χ1) is 13.5. The first-order valence-corrected chi connectivity index (χ1v) is 9.47. The van der Waals surface area contributed by atoms with E-state index in [1.807, 2.05) is 55.8 Å². The van der Waals surface area contributed by atoms with E-state index in [0.717, 1.165) is 11.4 Å². The van der Waals surface area contributed by atoms with Crippen molar-refractivity contribution in [3.8, 4) is 5.69 Å². The summed E-state index contributed by atoms with van der Waals surface area (Å²) in [5.41, 5.74) is 1.83. The van der Waals surface area contributed by atoms with Gasteiger partial charge in [-0.05, 0) is 37.1 Å². The minimum absolute atomic E-state index is 0.00461. The summed E-state index contributed by atoms with van der Waals surface area (Å²) in [4.78, 5) is 17.1. The van der Waals surface area contributed by atoms with Gasteiger partial charge in [0, 0.05) is 16.9 Å². The highest BCUT2D eigenvalue weighted by Crippen LogP contribution is 2.19. The van der Waals surface area contributed by atoms with Crippen molar-refractivity contribution >= 4 is 23.5 Å². The zero-order valence-corrected chi connectivity index (χ0v) is 16.8. The molecule has 0 aliphatic carbocycles. The first kappa shape index (κ1) is 20.0. The Morgan fingerprint density at radius 3 is 2.36 bits per heavy atom. The second-order valence-corrected chi connectivity index (χ2v) is 7.29. The van der Waals surface area contributed by atoms with Crippen molar-refractivity contribution < 1.29 is 5.11 Å². The number of rotatable bonds is 8. The molecule has 8 nitrogen and oxygen atoms in total. The third kappa shape index (κ3) is 4.96. The Morgan fingerprint density at radius 1 is 1.04 bits per heavy atom. The van der Waals surface area contributed by atoms with Crippen LogP contribution in [0.3, 0.4) is 0 Å². The number of aromatic nitrogens is 5. The molecule has 0 bridgehead atoms. The Kier molecular flexibility index (Phi) is 6.43. The van der Waals surface area contributed by atoms with Crippen molar-refractivity contribution in [3.05, 3.63) is 53.8 Å². The third-order valence-corrected chi connectivity index (χ3v) is 4.66. The highest BCUT2D eigenvalue weighted by atomic mass is 35.5. The fourth-order valence-electron chi connectivity index (χ4n) is 2.61. The summed E-state index contributed by atoms with van der Waals surface area (Å²) >= 11 is 5.94. The molecule has 148 valence electrons. The standard InChI is InChI=1S/C19H24ClN7O/c1-12(2)17(9-28)25-19-22-10-21-18(26-19)24-13(3)16-8-27(11-23-16)15-6-4-14(20)5-7-15/h4-8,10-13,17,28H,9H2,1-3H3,(H2,21,22,24,25,26)/t13-,17-/m1/s1. The van der Waals surface area contributed by atoms with Gasteiger partial charge in [-0.15, -0.1) is 0 Å². The van der Waals surface area contributed by atoms with Crippen LogP contribution in [0.4, 0.5) is 11.9 Å². The van der Waals surface area contributed by atoms with Gasteiger partial charge in [0.2, 0.25) is 11.9 Å². The maximum Gasteiger partial charge on any atom is 0.227 e. The molecule has 0 saturated heterocycles. The second-order valence-electron chi connectivity index (χ2n) is 6.86. The van der Waals surface area contributed by atoms with Gasteiger partial charge in [0.25, 0.3) is 0 Å². The number of hydrogen-bond acceptors (Lipinski definition) is 7. The predicted molar refractivity (Wildman–Crippen MR) is 110 cm³/mol. The molecule has 0 fully saturated rings. The number of imidazole rings is 1. The minimum atomic E-state index is -0.122. The molecule has 2 atom stereocenters. The lowest BCUT2D eigenvalue weighted by Gasteiger charge is -2.20. The van der Waals surface area contributed by atoms with Crippen LogP contribution in [-0.2, 0) is 0 Å². The number of aliphatic hydroxyl groups excluding tert-OH is 1. The fraction of sp³-hybridized carbons (Fsp3) is 0.368. The fourth-order valence-corrected chi connectivity index (χ4v) is 2.73. The van der Waals surface area contributed by atoms with Crippen LogP contribution in [0, 0.1) is 5.92 Å². The van der Waals surface area contributed by atoms with Crippen LogP contribution in [0.25, 0.3) is 5.69 Å². The number of benzene rings is 1. The van der Waals surface area contributed by atoms with Crippen LogP contribution in [0.5, 0.6) is 0 Å². The van der Waals surface area contributed by atoms with Crippen LogP contribution in [0.15, 0.2) is 43.1 Å². The highest BCUT2D eigenvalue weighted by molar-refractivity contribution is 6.30. The van der Waals surface area contributed by atoms with E-state index in [0.29, 0.717) is 16.9 Å². The molecule has 0 spiro atoms. The molecule has 0 aliphatic rings. The van der Waals surface area contributed by atoms with Crippen molar-refractivity contribution in [2.24, 2.45) is 5.92 Å². The van der Waals surface area contributed by atoms with Crippen molar-refractivity contribution in [3.63, 3.8) is 0 Å². The summed E-state index contributed by atoms with van der Waals surface area (Å²) in [6, 6.07) is 7.32. The summed E-state index contributed by atoms with van der Waals surface area (Å²) < 4.78 is 1.93. The topological polar surface area (TPSA) is 101 Å². The molecule has 1 aromatic carbocycles. The molecule has 0 amide bonds. The largest absolute Gasteiger partial charge is 0.394 e. The molecular weight excluding hydrogens is 378 g/mol. The molecule has 0 radical (unpaired) electrons. The Morgan fingerprint density at radius 2 is 1.71 bits per heavy atom. The zero-order valence-electron chi connectivity index (χ0n) is 16.0. The van der Waals surface area contributed by atoms with Gasteiger partial charge in [-0.1, -0.05) is 25.4 Å². The number of halogens is 1.